The van der Waals surface area contributed by atoms with Crippen LogP contribution in [-0.2, 0) is 5.41 Å². The van der Waals surface area contributed by atoms with Gasteiger partial charge in [-0.2, -0.15) is 0 Å². The second-order valence-corrected chi connectivity index (χ2v) is 13.7. The highest BCUT2D eigenvalue weighted by atomic mass is 15.1. The van der Waals surface area contributed by atoms with Crippen LogP contribution < -0.4 is 4.90 Å². The van der Waals surface area contributed by atoms with E-state index < -0.39 is 0 Å². The Hall–Kier alpha value is -6.18. The molecule has 0 aromatic heterocycles. The molecule has 0 amide bonds. The lowest BCUT2D eigenvalue weighted by molar-refractivity contribution is 0.660. The Balaban J connectivity index is 1.33. The summed E-state index contributed by atoms with van der Waals surface area (Å²) in [5.41, 5.74) is 15.9. The standard InChI is InChI=1S/C49H37N/c1-49(2)44-25-13-11-23-42(44)48-41(24-15-26-45(48)49)40-22-12-14-27-46(40)50(39-30-28-35-18-9-10-21-37(35)32-39)47-31-29-38(34-16-5-3-6-17-34)33-43(47)36-19-7-4-8-20-36/h3-33H,1-2H3. The van der Waals surface area contributed by atoms with Gasteiger partial charge in [0.2, 0.25) is 0 Å². The molecule has 50 heavy (non-hydrogen) atoms. The smallest absolute Gasteiger partial charge is 0.0540 e. The van der Waals surface area contributed by atoms with Gasteiger partial charge >= 0.3 is 0 Å². The summed E-state index contributed by atoms with van der Waals surface area (Å²) in [6, 6.07) is 68.7. The van der Waals surface area contributed by atoms with Crippen LogP contribution in [0.2, 0.25) is 0 Å². The zero-order valence-electron chi connectivity index (χ0n) is 28.3. The van der Waals surface area contributed by atoms with Crippen molar-refractivity contribution >= 4 is 27.8 Å². The monoisotopic (exact) mass is 639 g/mol. The number of hydrogen-bond acceptors (Lipinski definition) is 1. The van der Waals surface area contributed by atoms with Crippen molar-refractivity contribution in [2.24, 2.45) is 0 Å². The summed E-state index contributed by atoms with van der Waals surface area (Å²) in [5.74, 6) is 0. The zero-order chi connectivity index (χ0) is 33.7. The third kappa shape index (κ3) is 4.94. The number of para-hydroxylation sites is 1. The number of rotatable bonds is 6. The zero-order valence-corrected chi connectivity index (χ0v) is 28.3. The molecule has 238 valence electrons. The molecular formula is C49H37N. The van der Waals surface area contributed by atoms with Gasteiger partial charge in [0.1, 0.15) is 0 Å². The molecule has 0 saturated carbocycles. The Morgan fingerprint density at radius 3 is 1.76 bits per heavy atom. The van der Waals surface area contributed by atoms with Crippen LogP contribution in [0.15, 0.2) is 188 Å². The van der Waals surface area contributed by atoms with Crippen LogP contribution in [0.1, 0.15) is 25.0 Å². The van der Waals surface area contributed by atoms with E-state index in [4.69, 9.17) is 0 Å². The van der Waals surface area contributed by atoms with Gasteiger partial charge in [0.15, 0.2) is 0 Å². The van der Waals surface area contributed by atoms with Gasteiger partial charge in [-0.05, 0) is 85.6 Å². The maximum Gasteiger partial charge on any atom is 0.0540 e. The average Bonchev–Trinajstić information content (AvgIpc) is 3.42. The van der Waals surface area contributed by atoms with Gasteiger partial charge in [0.25, 0.3) is 0 Å². The quantitative estimate of drug-likeness (QED) is 0.175. The van der Waals surface area contributed by atoms with Crippen molar-refractivity contribution in [2.75, 3.05) is 4.90 Å². The lowest BCUT2D eigenvalue weighted by atomic mass is 9.82. The van der Waals surface area contributed by atoms with Gasteiger partial charge in [0, 0.05) is 22.2 Å². The van der Waals surface area contributed by atoms with Crippen molar-refractivity contribution < 1.29 is 0 Å². The molecule has 1 nitrogen and oxygen atoms in total. The lowest BCUT2D eigenvalue weighted by Crippen LogP contribution is -2.15. The summed E-state index contributed by atoms with van der Waals surface area (Å²) >= 11 is 0. The summed E-state index contributed by atoms with van der Waals surface area (Å²) in [5, 5.41) is 2.44. The normalized spacial score (nSPS) is 12.8. The van der Waals surface area contributed by atoms with Gasteiger partial charge in [-0.25, -0.2) is 0 Å². The SMILES string of the molecule is CC1(C)c2ccccc2-c2c(-c3ccccc3N(c3ccc4ccccc4c3)c3ccc(-c4ccccc4)cc3-c3ccccc3)cccc21. The van der Waals surface area contributed by atoms with E-state index in [-0.39, 0.29) is 5.41 Å². The highest BCUT2D eigenvalue weighted by molar-refractivity contribution is 6.01. The van der Waals surface area contributed by atoms with E-state index in [1.54, 1.807) is 0 Å². The highest BCUT2D eigenvalue weighted by Crippen LogP contribution is 2.54. The van der Waals surface area contributed by atoms with E-state index in [0.29, 0.717) is 0 Å². The number of hydrogen-bond donors (Lipinski definition) is 0. The van der Waals surface area contributed by atoms with Crippen molar-refractivity contribution in [3.8, 4) is 44.5 Å². The molecule has 8 aromatic rings. The minimum Gasteiger partial charge on any atom is -0.309 e. The van der Waals surface area contributed by atoms with Gasteiger partial charge in [-0.3, -0.25) is 0 Å². The predicted octanol–water partition coefficient (Wildman–Crippen LogP) is 13.6. The minimum atomic E-state index is -0.0807. The number of fused-ring (bicyclic) bond motifs is 4. The van der Waals surface area contributed by atoms with Crippen LogP contribution in [-0.4, -0.2) is 0 Å². The number of nitrogens with zero attached hydrogens (tertiary/aromatic N) is 1. The van der Waals surface area contributed by atoms with Crippen LogP contribution in [0.5, 0.6) is 0 Å². The molecule has 0 radical (unpaired) electrons. The minimum absolute atomic E-state index is 0.0807. The molecule has 0 saturated heterocycles. The molecule has 1 aliphatic rings. The summed E-state index contributed by atoms with van der Waals surface area (Å²) in [6.07, 6.45) is 0. The van der Waals surface area contributed by atoms with Crippen molar-refractivity contribution in [1.82, 2.24) is 0 Å². The maximum atomic E-state index is 2.48. The van der Waals surface area contributed by atoms with Crippen LogP contribution in [0.25, 0.3) is 55.3 Å². The summed E-state index contributed by atoms with van der Waals surface area (Å²) in [7, 11) is 0. The predicted molar refractivity (Wildman–Crippen MR) is 213 cm³/mol. The second-order valence-electron chi connectivity index (χ2n) is 13.7. The molecule has 0 atom stereocenters. The van der Waals surface area contributed by atoms with E-state index in [1.807, 2.05) is 0 Å². The maximum absolute atomic E-state index is 2.48. The molecule has 1 heteroatoms. The van der Waals surface area contributed by atoms with Crippen molar-refractivity contribution in [3.05, 3.63) is 199 Å². The number of anilines is 3. The van der Waals surface area contributed by atoms with Crippen molar-refractivity contribution in [1.29, 1.82) is 0 Å². The topological polar surface area (TPSA) is 3.24 Å². The molecule has 8 aromatic carbocycles. The Kier molecular flexibility index (Phi) is 7.21. The van der Waals surface area contributed by atoms with Crippen LogP contribution in [0, 0.1) is 0 Å². The fraction of sp³-hybridized carbons (Fsp3) is 0.0612. The fourth-order valence-corrected chi connectivity index (χ4v) is 7.99. The van der Waals surface area contributed by atoms with E-state index in [9.17, 15) is 0 Å². The van der Waals surface area contributed by atoms with Gasteiger partial charge < -0.3 is 4.90 Å². The first-order chi connectivity index (χ1) is 24.6. The average molecular weight is 640 g/mol. The highest BCUT2D eigenvalue weighted by Gasteiger charge is 2.37. The Morgan fingerprint density at radius 1 is 0.360 bits per heavy atom. The first kappa shape index (κ1) is 29.9. The van der Waals surface area contributed by atoms with Crippen LogP contribution in [0.3, 0.4) is 0 Å². The van der Waals surface area contributed by atoms with E-state index in [0.717, 1.165) is 17.1 Å². The molecule has 0 bridgehead atoms. The van der Waals surface area contributed by atoms with E-state index >= 15 is 0 Å². The summed E-state index contributed by atoms with van der Waals surface area (Å²) in [4.78, 5) is 2.48. The Labute approximate surface area is 294 Å². The van der Waals surface area contributed by atoms with Crippen LogP contribution >= 0.6 is 0 Å². The summed E-state index contributed by atoms with van der Waals surface area (Å²) < 4.78 is 0. The Bertz CT molecular complexity index is 2510. The molecular weight excluding hydrogens is 603 g/mol. The third-order valence-corrected chi connectivity index (χ3v) is 10.5. The molecule has 0 aliphatic heterocycles. The van der Waals surface area contributed by atoms with Gasteiger partial charge in [-0.15, -0.1) is 0 Å². The molecule has 0 spiro atoms. The molecule has 0 unspecified atom stereocenters. The molecule has 0 fully saturated rings. The third-order valence-electron chi connectivity index (χ3n) is 10.5. The number of benzene rings is 8. The lowest BCUT2D eigenvalue weighted by Gasteiger charge is -2.31. The van der Waals surface area contributed by atoms with Crippen molar-refractivity contribution in [2.45, 2.75) is 19.3 Å². The van der Waals surface area contributed by atoms with E-state index in [2.05, 4.69) is 207 Å². The van der Waals surface area contributed by atoms with E-state index in [1.165, 1.54) is 66.4 Å². The fourth-order valence-electron chi connectivity index (χ4n) is 7.99. The second kappa shape index (κ2) is 12.1. The largest absolute Gasteiger partial charge is 0.309 e. The summed E-state index contributed by atoms with van der Waals surface area (Å²) in [6.45, 7) is 4.71. The van der Waals surface area contributed by atoms with Crippen LogP contribution in [0.4, 0.5) is 17.1 Å². The molecule has 0 N–H and O–H groups in total. The Morgan fingerprint density at radius 2 is 0.960 bits per heavy atom. The molecule has 1 aliphatic carbocycles. The molecule has 9 rings (SSSR count). The van der Waals surface area contributed by atoms with Gasteiger partial charge in [-0.1, -0.05) is 172 Å². The first-order valence-corrected chi connectivity index (χ1v) is 17.4. The van der Waals surface area contributed by atoms with Gasteiger partial charge in [0.05, 0.1) is 11.4 Å². The van der Waals surface area contributed by atoms with Crippen molar-refractivity contribution in [3.63, 3.8) is 0 Å². The molecule has 0 heterocycles. The first-order valence-electron chi connectivity index (χ1n) is 17.4.